The van der Waals surface area contributed by atoms with Gasteiger partial charge in [-0.05, 0) is 43.0 Å². The average molecular weight is 270 g/mol. The molecule has 18 heavy (non-hydrogen) atoms. The lowest BCUT2D eigenvalue weighted by molar-refractivity contribution is 0.175. The van der Waals surface area contributed by atoms with Crippen molar-refractivity contribution in [1.29, 1.82) is 0 Å². The van der Waals surface area contributed by atoms with Gasteiger partial charge in [-0.3, -0.25) is 0 Å². The molecule has 0 heterocycles. The largest absolute Gasteiger partial charge is 0.385 e. The summed E-state index contributed by atoms with van der Waals surface area (Å²) in [6.07, 6.45) is 2.12. The normalized spacial score (nSPS) is 12.9. The third kappa shape index (κ3) is 6.39. The Balaban J connectivity index is 2.53. The molecule has 1 aromatic carbocycles. The van der Waals surface area contributed by atoms with E-state index in [0.29, 0.717) is 12.0 Å². The lowest BCUT2D eigenvalue weighted by Crippen LogP contribution is -2.30. The lowest BCUT2D eigenvalue weighted by Gasteiger charge is -2.19. The standard InChI is InChI=1S/C15H24ClNO/c1-12(2)17-11-14(7-8-18-3)9-13-5-4-6-15(16)10-13/h4-6,10,12,14,17H,7-9,11H2,1-3H3. The van der Waals surface area contributed by atoms with Gasteiger partial charge in [0.15, 0.2) is 0 Å². The third-order valence-corrected chi connectivity index (χ3v) is 3.19. The number of methoxy groups -OCH3 is 1. The van der Waals surface area contributed by atoms with Crippen molar-refractivity contribution in [1.82, 2.24) is 5.32 Å². The van der Waals surface area contributed by atoms with E-state index in [9.17, 15) is 0 Å². The van der Waals surface area contributed by atoms with Crippen molar-refractivity contribution in [3.8, 4) is 0 Å². The Labute approximate surface area is 116 Å². The van der Waals surface area contributed by atoms with Crippen LogP contribution in [0.2, 0.25) is 5.02 Å². The number of hydrogen-bond acceptors (Lipinski definition) is 2. The molecule has 1 rings (SSSR count). The fourth-order valence-electron chi connectivity index (χ4n) is 1.96. The number of nitrogens with one attached hydrogen (secondary N) is 1. The molecule has 0 saturated carbocycles. The second-order valence-corrected chi connectivity index (χ2v) is 5.48. The predicted octanol–water partition coefficient (Wildman–Crippen LogP) is 3.53. The zero-order chi connectivity index (χ0) is 13.4. The van der Waals surface area contributed by atoms with Crippen molar-refractivity contribution in [3.05, 3.63) is 34.9 Å². The Bertz CT molecular complexity index is 341. The molecular weight excluding hydrogens is 246 g/mol. The molecule has 2 nitrogen and oxygen atoms in total. The van der Waals surface area contributed by atoms with E-state index in [0.717, 1.165) is 31.0 Å². The summed E-state index contributed by atoms with van der Waals surface area (Å²) in [7, 11) is 1.76. The van der Waals surface area contributed by atoms with Gasteiger partial charge in [0.1, 0.15) is 0 Å². The summed E-state index contributed by atoms with van der Waals surface area (Å²) in [5, 5.41) is 4.32. The number of halogens is 1. The third-order valence-electron chi connectivity index (χ3n) is 2.96. The first kappa shape index (κ1) is 15.5. The van der Waals surface area contributed by atoms with Gasteiger partial charge in [-0.25, -0.2) is 0 Å². The summed E-state index contributed by atoms with van der Waals surface area (Å²) in [6.45, 7) is 6.18. The van der Waals surface area contributed by atoms with Crippen LogP contribution in [0, 0.1) is 5.92 Å². The van der Waals surface area contributed by atoms with E-state index in [2.05, 4.69) is 31.3 Å². The van der Waals surface area contributed by atoms with Gasteiger partial charge in [0.05, 0.1) is 0 Å². The zero-order valence-electron chi connectivity index (χ0n) is 11.6. The van der Waals surface area contributed by atoms with Gasteiger partial charge in [-0.1, -0.05) is 37.6 Å². The van der Waals surface area contributed by atoms with E-state index >= 15 is 0 Å². The first-order valence-corrected chi connectivity index (χ1v) is 6.96. The highest BCUT2D eigenvalue weighted by Crippen LogP contribution is 2.16. The smallest absolute Gasteiger partial charge is 0.0465 e. The average Bonchev–Trinajstić information content (AvgIpc) is 2.32. The van der Waals surface area contributed by atoms with E-state index in [4.69, 9.17) is 16.3 Å². The van der Waals surface area contributed by atoms with E-state index in [-0.39, 0.29) is 0 Å². The summed E-state index contributed by atoms with van der Waals surface area (Å²) < 4.78 is 5.19. The van der Waals surface area contributed by atoms with Crippen LogP contribution in [0.4, 0.5) is 0 Å². The predicted molar refractivity (Wildman–Crippen MR) is 78.3 cm³/mol. The van der Waals surface area contributed by atoms with Crippen molar-refractivity contribution < 1.29 is 4.74 Å². The molecule has 3 heteroatoms. The van der Waals surface area contributed by atoms with Gasteiger partial charge in [-0.15, -0.1) is 0 Å². The Kier molecular flexibility index (Phi) is 7.33. The van der Waals surface area contributed by atoms with Crippen LogP contribution in [0.3, 0.4) is 0 Å². The van der Waals surface area contributed by atoms with Crippen molar-refractivity contribution in [2.45, 2.75) is 32.7 Å². The van der Waals surface area contributed by atoms with Crippen LogP contribution in [0.1, 0.15) is 25.8 Å². The Morgan fingerprint density at radius 2 is 2.11 bits per heavy atom. The summed E-state index contributed by atoms with van der Waals surface area (Å²) in [5.74, 6) is 0.589. The van der Waals surface area contributed by atoms with Crippen LogP contribution in [0.5, 0.6) is 0 Å². The highest BCUT2D eigenvalue weighted by Gasteiger charge is 2.10. The Morgan fingerprint density at radius 1 is 1.33 bits per heavy atom. The van der Waals surface area contributed by atoms with E-state index in [1.807, 2.05) is 12.1 Å². The van der Waals surface area contributed by atoms with E-state index < -0.39 is 0 Å². The first-order valence-electron chi connectivity index (χ1n) is 6.58. The first-order chi connectivity index (χ1) is 8.61. The SMILES string of the molecule is COCCC(CNC(C)C)Cc1cccc(Cl)c1. The van der Waals surface area contributed by atoms with Crippen molar-refractivity contribution in [2.24, 2.45) is 5.92 Å². The topological polar surface area (TPSA) is 21.3 Å². The fourth-order valence-corrected chi connectivity index (χ4v) is 2.17. The maximum atomic E-state index is 6.02. The summed E-state index contributed by atoms with van der Waals surface area (Å²) in [4.78, 5) is 0. The fraction of sp³-hybridized carbons (Fsp3) is 0.600. The van der Waals surface area contributed by atoms with Crippen molar-refractivity contribution in [2.75, 3.05) is 20.3 Å². The molecule has 0 spiro atoms. The molecule has 1 N–H and O–H groups in total. The van der Waals surface area contributed by atoms with Crippen LogP contribution in [-0.2, 0) is 11.2 Å². The van der Waals surface area contributed by atoms with Gasteiger partial charge in [0.25, 0.3) is 0 Å². The van der Waals surface area contributed by atoms with E-state index in [1.54, 1.807) is 7.11 Å². The molecule has 0 aliphatic rings. The second kappa shape index (κ2) is 8.52. The number of ether oxygens (including phenoxy) is 1. The van der Waals surface area contributed by atoms with Gasteiger partial charge in [0.2, 0.25) is 0 Å². The molecule has 0 amide bonds. The molecule has 1 unspecified atom stereocenters. The zero-order valence-corrected chi connectivity index (χ0v) is 12.3. The van der Waals surface area contributed by atoms with Crippen LogP contribution in [-0.4, -0.2) is 26.3 Å². The molecule has 0 aromatic heterocycles. The van der Waals surface area contributed by atoms with Gasteiger partial charge >= 0.3 is 0 Å². The highest BCUT2D eigenvalue weighted by atomic mass is 35.5. The lowest BCUT2D eigenvalue weighted by atomic mass is 9.96. The van der Waals surface area contributed by atoms with Crippen molar-refractivity contribution in [3.63, 3.8) is 0 Å². The van der Waals surface area contributed by atoms with Crippen molar-refractivity contribution >= 4 is 11.6 Å². The molecule has 0 saturated heterocycles. The molecular formula is C15H24ClNO. The van der Waals surface area contributed by atoms with Gasteiger partial charge in [-0.2, -0.15) is 0 Å². The molecule has 102 valence electrons. The van der Waals surface area contributed by atoms with Crippen LogP contribution < -0.4 is 5.32 Å². The number of hydrogen-bond donors (Lipinski definition) is 1. The minimum absolute atomic E-state index is 0.523. The van der Waals surface area contributed by atoms with Crippen LogP contribution >= 0.6 is 11.6 Å². The minimum Gasteiger partial charge on any atom is -0.385 e. The summed E-state index contributed by atoms with van der Waals surface area (Å²) >= 11 is 6.02. The van der Waals surface area contributed by atoms with Gasteiger partial charge in [0, 0.05) is 24.8 Å². The summed E-state index contributed by atoms with van der Waals surface area (Å²) in [6, 6.07) is 8.65. The molecule has 0 bridgehead atoms. The van der Waals surface area contributed by atoms with Crippen LogP contribution in [0.15, 0.2) is 24.3 Å². The van der Waals surface area contributed by atoms with Crippen LogP contribution in [0.25, 0.3) is 0 Å². The number of benzene rings is 1. The maximum Gasteiger partial charge on any atom is 0.0465 e. The maximum absolute atomic E-state index is 6.02. The van der Waals surface area contributed by atoms with E-state index in [1.165, 1.54) is 5.56 Å². The van der Waals surface area contributed by atoms with Gasteiger partial charge < -0.3 is 10.1 Å². The molecule has 0 radical (unpaired) electrons. The molecule has 0 aliphatic carbocycles. The Hall–Kier alpha value is -0.570. The molecule has 1 aromatic rings. The minimum atomic E-state index is 0.523. The highest BCUT2D eigenvalue weighted by molar-refractivity contribution is 6.30. The summed E-state index contributed by atoms with van der Waals surface area (Å²) in [5.41, 5.74) is 1.30. The quantitative estimate of drug-likeness (QED) is 0.780. The molecule has 0 aliphatic heterocycles. The molecule has 1 atom stereocenters. The second-order valence-electron chi connectivity index (χ2n) is 5.04. The number of rotatable bonds is 8. The molecule has 0 fully saturated rings. The monoisotopic (exact) mass is 269 g/mol. The Morgan fingerprint density at radius 3 is 2.72 bits per heavy atom.